The first kappa shape index (κ1) is 20.9. The summed E-state index contributed by atoms with van der Waals surface area (Å²) < 4.78 is 7.50. The first-order valence-electron chi connectivity index (χ1n) is 11.6. The van der Waals surface area contributed by atoms with Crippen LogP contribution in [0.25, 0.3) is 11.1 Å². The Morgan fingerprint density at radius 3 is 2.75 bits per heavy atom. The fraction of sp³-hybridized carbons (Fsp3) is 0.462. The van der Waals surface area contributed by atoms with Gasteiger partial charge in [-0.25, -0.2) is 0 Å². The molecule has 0 bridgehead atoms. The minimum absolute atomic E-state index is 0.101. The number of rotatable bonds is 3. The number of fused-ring (bicyclic) bond motifs is 3. The summed E-state index contributed by atoms with van der Waals surface area (Å²) in [5.41, 5.74) is 2.72. The quantitative estimate of drug-likeness (QED) is 0.639. The fourth-order valence-corrected chi connectivity index (χ4v) is 5.51. The number of aryl methyl sites for hydroxylation is 1. The SMILES string of the molecule is Cc1ccccc1N1C(=O)c2cc3occc3n2C[C@]1(C)C(=O)N[C@@H]1CCC[C@H](C)[C@@H]1C. The highest BCUT2D eigenvalue weighted by Crippen LogP contribution is 2.38. The van der Waals surface area contributed by atoms with Gasteiger partial charge in [-0.2, -0.15) is 0 Å². The maximum Gasteiger partial charge on any atom is 0.276 e. The first-order chi connectivity index (χ1) is 15.3. The Kier molecular flexibility index (Phi) is 4.91. The number of carbonyl (C=O) groups excluding carboxylic acids is 2. The lowest BCUT2D eigenvalue weighted by Crippen LogP contribution is -2.66. The topological polar surface area (TPSA) is 67.5 Å². The number of carbonyl (C=O) groups is 2. The molecular weight excluding hydrogens is 402 g/mol. The molecule has 1 aliphatic carbocycles. The van der Waals surface area contributed by atoms with Gasteiger partial charge in [0.15, 0.2) is 5.58 Å². The third-order valence-corrected chi connectivity index (χ3v) is 7.77. The number of aromatic nitrogens is 1. The minimum Gasteiger partial charge on any atom is -0.463 e. The number of hydrogen-bond acceptors (Lipinski definition) is 3. The van der Waals surface area contributed by atoms with Crippen LogP contribution in [0.5, 0.6) is 0 Å². The number of para-hydroxylation sites is 1. The summed E-state index contributed by atoms with van der Waals surface area (Å²) >= 11 is 0. The van der Waals surface area contributed by atoms with Gasteiger partial charge < -0.3 is 14.3 Å². The summed E-state index contributed by atoms with van der Waals surface area (Å²) in [6, 6.07) is 11.5. The molecule has 1 aliphatic heterocycles. The molecule has 1 saturated carbocycles. The minimum atomic E-state index is -1.07. The van der Waals surface area contributed by atoms with E-state index < -0.39 is 5.54 Å². The molecule has 2 aliphatic rings. The molecule has 1 N–H and O–H groups in total. The number of furan rings is 1. The number of nitrogens with one attached hydrogen (secondary N) is 1. The highest BCUT2D eigenvalue weighted by molar-refractivity contribution is 6.14. The Bertz CT molecular complexity index is 1190. The number of nitrogens with zero attached hydrogens (tertiary/aromatic N) is 2. The molecule has 0 unspecified atom stereocenters. The lowest BCUT2D eigenvalue weighted by atomic mass is 9.77. The highest BCUT2D eigenvalue weighted by atomic mass is 16.3. The number of hydrogen-bond donors (Lipinski definition) is 1. The van der Waals surface area contributed by atoms with E-state index in [1.54, 1.807) is 17.2 Å². The van der Waals surface area contributed by atoms with Crippen LogP contribution >= 0.6 is 0 Å². The predicted octanol–water partition coefficient (Wildman–Crippen LogP) is 4.90. The monoisotopic (exact) mass is 433 g/mol. The summed E-state index contributed by atoms with van der Waals surface area (Å²) in [5, 5.41) is 3.34. The van der Waals surface area contributed by atoms with Crippen molar-refractivity contribution < 1.29 is 14.0 Å². The van der Waals surface area contributed by atoms with Gasteiger partial charge in [-0.3, -0.25) is 14.5 Å². The second-order valence-electron chi connectivity index (χ2n) is 9.83. The third-order valence-electron chi connectivity index (χ3n) is 7.77. The van der Waals surface area contributed by atoms with Gasteiger partial charge in [-0.05, 0) is 43.7 Å². The van der Waals surface area contributed by atoms with Crippen molar-refractivity contribution >= 4 is 28.6 Å². The maximum absolute atomic E-state index is 13.9. The predicted molar refractivity (Wildman–Crippen MR) is 125 cm³/mol. The molecule has 0 saturated heterocycles. The van der Waals surface area contributed by atoms with Crippen LogP contribution in [0.1, 0.15) is 56.1 Å². The van der Waals surface area contributed by atoms with Crippen LogP contribution in [0, 0.1) is 18.8 Å². The Morgan fingerprint density at radius 2 is 1.97 bits per heavy atom. The normalized spacial score (nSPS) is 28.1. The van der Waals surface area contributed by atoms with Crippen molar-refractivity contribution in [3.63, 3.8) is 0 Å². The summed E-state index contributed by atoms with van der Waals surface area (Å²) in [6.07, 6.45) is 4.92. The number of benzene rings is 1. The molecule has 3 aromatic rings. The van der Waals surface area contributed by atoms with Gasteiger partial charge in [0.1, 0.15) is 11.2 Å². The molecule has 2 amide bonds. The Balaban J connectivity index is 1.60. The maximum atomic E-state index is 13.9. The second-order valence-corrected chi connectivity index (χ2v) is 9.83. The highest BCUT2D eigenvalue weighted by Gasteiger charge is 2.50. The average Bonchev–Trinajstić information content (AvgIpc) is 3.35. The molecule has 3 heterocycles. The van der Waals surface area contributed by atoms with Crippen LogP contribution in [0.2, 0.25) is 0 Å². The van der Waals surface area contributed by atoms with Crippen LogP contribution in [0.4, 0.5) is 5.69 Å². The third kappa shape index (κ3) is 3.07. The first-order valence-corrected chi connectivity index (χ1v) is 11.6. The van der Waals surface area contributed by atoms with E-state index in [9.17, 15) is 9.59 Å². The molecule has 0 radical (unpaired) electrons. The van der Waals surface area contributed by atoms with Gasteiger partial charge >= 0.3 is 0 Å². The Morgan fingerprint density at radius 1 is 1.19 bits per heavy atom. The van der Waals surface area contributed by atoms with Crippen molar-refractivity contribution in [3.05, 3.63) is 53.9 Å². The molecule has 168 valence electrons. The number of anilines is 1. The molecule has 2 aromatic heterocycles. The lowest BCUT2D eigenvalue weighted by molar-refractivity contribution is -0.128. The van der Waals surface area contributed by atoms with E-state index in [0.717, 1.165) is 29.6 Å². The van der Waals surface area contributed by atoms with Crippen molar-refractivity contribution in [1.82, 2.24) is 9.88 Å². The van der Waals surface area contributed by atoms with Crippen molar-refractivity contribution in [2.45, 2.75) is 65.1 Å². The molecule has 1 fully saturated rings. The van der Waals surface area contributed by atoms with Gasteiger partial charge in [-0.15, -0.1) is 0 Å². The zero-order chi connectivity index (χ0) is 22.6. The van der Waals surface area contributed by atoms with Crippen molar-refractivity contribution in [3.8, 4) is 0 Å². The lowest BCUT2D eigenvalue weighted by Gasteiger charge is -2.46. The van der Waals surface area contributed by atoms with E-state index in [2.05, 4.69) is 19.2 Å². The van der Waals surface area contributed by atoms with Gasteiger partial charge in [0.05, 0.1) is 18.3 Å². The van der Waals surface area contributed by atoms with E-state index in [1.165, 1.54) is 6.42 Å². The zero-order valence-electron chi connectivity index (χ0n) is 19.2. The molecule has 32 heavy (non-hydrogen) atoms. The standard InChI is InChI=1S/C26H31N3O3/c1-16-9-7-10-19(18(16)3)27-25(31)26(4)15-28-21-12-13-32-23(21)14-22(28)24(30)29(26)20-11-6-5-8-17(20)2/h5-6,8,11-14,16,18-19H,7,9-10,15H2,1-4H3,(H,27,31)/t16-,18-,19+,26+/m0/s1. The van der Waals surface area contributed by atoms with Crippen LogP contribution in [-0.2, 0) is 11.3 Å². The smallest absolute Gasteiger partial charge is 0.276 e. The van der Waals surface area contributed by atoms with Gasteiger partial charge in [0.2, 0.25) is 5.91 Å². The summed E-state index contributed by atoms with van der Waals surface area (Å²) in [4.78, 5) is 29.5. The van der Waals surface area contributed by atoms with E-state index in [0.29, 0.717) is 29.7 Å². The molecule has 5 rings (SSSR count). The van der Waals surface area contributed by atoms with Gasteiger partial charge in [0.25, 0.3) is 5.91 Å². The summed E-state index contributed by atoms with van der Waals surface area (Å²) in [5.74, 6) is 0.699. The van der Waals surface area contributed by atoms with Crippen LogP contribution in [0.15, 0.2) is 47.1 Å². The zero-order valence-corrected chi connectivity index (χ0v) is 19.2. The van der Waals surface area contributed by atoms with Crippen molar-refractivity contribution in [1.29, 1.82) is 0 Å². The van der Waals surface area contributed by atoms with E-state index in [1.807, 2.05) is 48.7 Å². The summed E-state index contributed by atoms with van der Waals surface area (Å²) in [6.45, 7) is 8.72. The second kappa shape index (κ2) is 7.54. The van der Waals surface area contributed by atoms with E-state index in [-0.39, 0.29) is 17.9 Å². The molecule has 0 spiro atoms. The molecular formula is C26H31N3O3. The average molecular weight is 434 g/mol. The van der Waals surface area contributed by atoms with E-state index >= 15 is 0 Å². The Hall–Kier alpha value is -3.02. The van der Waals surface area contributed by atoms with Gasteiger partial charge in [-0.1, -0.05) is 44.9 Å². The fourth-order valence-electron chi connectivity index (χ4n) is 5.51. The molecule has 6 heteroatoms. The van der Waals surface area contributed by atoms with Crippen LogP contribution < -0.4 is 10.2 Å². The van der Waals surface area contributed by atoms with Crippen molar-refractivity contribution in [2.24, 2.45) is 11.8 Å². The summed E-state index contributed by atoms with van der Waals surface area (Å²) in [7, 11) is 0. The molecule has 4 atom stereocenters. The van der Waals surface area contributed by atoms with Gasteiger partial charge in [0, 0.05) is 23.9 Å². The Labute approximate surface area is 188 Å². The van der Waals surface area contributed by atoms with E-state index in [4.69, 9.17) is 4.42 Å². The van der Waals surface area contributed by atoms with Crippen LogP contribution in [-0.4, -0.2) is 28.0 Å². The molecule has 6 nitrogen and oxygen atoms in total. The largest absolute Gasteiger partial charge is 0.463 e. The van der Waals surface area contributed by atoms with Crippen molar-refractivity contribution in [2.75, 3.05) is 4.90 Å². The number of amides is 2. The van der Waals surface area contributed by atoms with Crippen LogP contribution in [0.3, 0.4) is 0 Å². The molecule has 1 aromatic carbocycles.